The molecule has 1 aromatic carbocycles. The number of benzene rings is 1. The van der Waals surface area contributed by atoms with Gasteiger partial charge in [0, 0.05) is 37.0 Å². The van der Waals surface area contributed by atoms with Gasteiger partial charge in [-0.2, -0.15) is 0 Å². The molecule has 0 unspecified atom stereocenters. The van der Waals surface area contributed by atoms with Gasteiger partial charge < -0.3 is 16.4 Å². The molecule has 3 rings (SSSR count). The molecule has 0 spiro atoms. The van der Waals surface area contributed by atoms with Crippen molar-refractivity contribution in [2.75, 3.05) is 25.1 Å². The van der Waals surface area contributed by atoms with Gasteiger partial charge >= 0.3 is 0 Å². The van der Waals surface area contributed by atoms with Crippen LogP contribution in [0, 0.1) is 6.92 Å². The monoisotopic (exact) mass is 382 g/mol. The first-order valence-electron chi connectivity index (χ1n) is 8.25. The predicted octanol–water partition coefficient (Wildman–Crippen LogP) is 3.15. The zero-order valence-corrected chi connectivity index (χ0v) is 15.9. The number of carbonyl (C=O) groups excluding carboxylic acids is 1. The normalized spacial score (nSPS) is 10.5. The Kier molecular flexibility index (Phi) is 5.23. The van der Waals surface area contributed by atoms with Crippen molar-refractivity contribution in [2.24, 2.45) is 0 Å². The Balaban J connectivity index is 2.18. The number of pyridine rings is 1. The number of hydrogen-bond donors (Lipinski definition) is 3. The van der Waals surface area contributed by atoms with Crippen LogP contribution in [0.15, 0.2) is 36.5 Å². The lowest BCUT2D eigenvalue weighted by molar-refractivity contribution is 0.0963. The highest BCUT2D eigenvalue weighted by molar-refractivity contribution is 6.34. The number of nitrogens with one attached hydrogen (secondary N) is 2. The molecule has 0 bridgehead atoms. The SMILES string of the molecule is CNC(=O)c1ccc(-c2nc(N)nc(C)c2-c2ccc(NC)nc2)cc1Cl. The van der Waals surface area contributed by atoms with Crippen LogP contribution in [-0.4, -0.2) is 35.0 Å². The van der Waals surface area contributed by atoms with Crippen molar-refractivity contribution in [2.45, 2.75) is 6.92 Å². The minimum atomic E-state index is -0.253. The quantitative estimate of drug-likeness (QED) is 0.640. The number of carbonyl (C=O) groups is 1. The van der Waals surface area contributed by atoms with Crippen LogP contribution in [-0.2, 0) is 0 Å². The van der Waals surface area contributed by atoms with Crippen LogP contribution >= 0.6 is 11.6 Å². The average Bonchev–Trinajstić information content (AvgIpc) is 2.67. The molecule has 138 valence electrons. The third-order valence-electron chi connectivity index (χ3n) is 4.13. The lowest BCUT2D eigenvalue weighted by Gasteiger charge is -2.14. The summed E-state index contributed by atoms with van der Waals surface area (Å²) >= 11 is 6.31. The zero-order chi connectivity index (χ0) is 19.6. The Hall–Kier alpha value is -3.19. The van der Waals surface area contributed by atoms with Crippen LogP contribution in [0.1, 0.15) is 16.1 Å². The molecule has 0 saturated heterocycles. The number of halogens is 1. The maximum atomic E-state index is 11.9. The number of rotatable bonds is 4. The van der Waals surface area contributed by atoms with Gasteiger partial charge in [0.15, 0.2) is 0 Å². The Bertz CT molecular complexity index is 1000. The molecule has 0 radical (unpaired) electrons. The van der Waals surface area contributed by atoms with Gasteiger partial charge in [-0.05, 0) is 31.2 Å². The molecular weight excluding hydrogens is 364 g/mol. The van der Waals surface area contributed by atoms with Gasteiger partial charge in [0.2, 0.25) is 5.95 Å². The summed E-state index contributed by atoms with van der Waals surface area (Å²) in [6.45, 7) is 1.86. The van der Waals surface area contributed by atoms with Gasteiger partial charge in [0.05, 0.1) is 22.0 Å². The molecule has 7 nitrogen and oxygen atoms in total. The van der Waals surface area contributed by atoms with E-state index >= 15 is 0 Å². The number of anilines is 2. The van der Waals surface area contributed by atoms with E-state index in [9.17, 15) is 4.79 Å². The van der Waals surface area contributed by atoms with Crippen molar-refractivity contribution in [1.29, 1.82) is 0 Å². The number of nitrogens with two attached hydrogens (primary N) is 1. The van der Waals surface area contributed by atoms with Crippen LogP contribution in [0.4, 0.5) is 11.8 Å². The lowest BCUT2D eigenvalue weighted by Crippen LogP contribution is -2.18. The molecular formula is C19H19ClN6O. The molecule has 0 aliphatic carbocycles. The summed E-state index contributed by atoms with van der Waals surface area (Å²) in [7, 11) is 3.36. The van der Waals surface area contributed by atoms with Crippen LogP contribution in [0.2, 0.25) is 5.02 Å². The smallest absolute Gasteiger partial charge is 0.252 e. The van der Waals surface area contributed by atoms with Crippen molar-refractivity contribution in [3.05, 3.63) is 52.8 Å². The molecule has 0 aliphatic rings. The maximum Gasteiger partial charge on any atom is 0.252 e. The first-order valence-corrected chi connectivity index (χ1v) is 8.62. The Labute approximate surface area is 162 Å². The highest BCUT2D eigenvalue weighted by Gasteiger charge is 2.17. The van der Waals surface area contributed by atoms with Crippen molar-refractivity contribution in [1.82, 2.24) is 20.3 Å². The van der Waals surface area contributed by atoms with Gasteiger partial charge in [0.25, 0.3) is 5.91 Å². The standard InChI is InChI=1S/C19H19ClN6O/c1-10-16(12-5-7-15(22-2)24-9-12)17(26-19(21)25-10)11-4-6-13(14(20)8-11)18(27)23-3/h4-9H,1-3H3,(H,22,24)(H,23,27)(H2,21,25,26). The van der Waals surface area contributed by atoms with Crippen LogP contribution in [0.3, 0.4) is 0 Å². The zero-order valence-electron chi connectivity index (χ0n) is 15.2. The highest BCUT2D eigenvalue weighted by atomic mass is 35.5. The third kappa shape index (κ3) is 3.68. The number of nitrogens with zero attached hydrogens (tertiary/aromatic N) is 3. The van der Waals surface area contributed by atoms with Crippen LogP contribution < -0.4 is 16.4 Å². The lowest BCUT2D eigenvalue weighted by atomic mass is 9.98. The van der Waals surface area contributed by atoms with E-state index in [0.717, 1.165) is 28.2 Å². The molecule has 8 heteroatoms. The fourth-order valence-corrected chi connectivity index (χ4v) is 3.09. The summed E-state index contributed by atoms with van der Waals surface area (Å²) in [6.07, 6.45) is 1.75. The number of hydrogen-bond acceptors (Lipinski definition) is 6. The first kappa shape index (κ1) is 18.6. The fraction of sp³-hybridized carbons (Fsp3) is 0.158. The maximum absolute atomic E-state index is 11.9. The van der Waals surface area contributed by atoms with Crippen molar-refractivity contribution in [3.63, 3.8) is 0 Å². The highest BCUT2D eigenvalue weighted by Crippen LogP contribution is 2.35. The number of amides is 1. The second-order valence-electron chi connectivity index (χ2n) is 5.85. The Morgan fingerprint density at radius 1 is 1.11 bits per heavy atom. The first-order chi connectivity index (χ1) is 12.9. The molecule has 2 heterocycles. The van der Waals surface area contributed by atoms with E-state index in [0.29, 0.717) is 16.3 Å². The molecule has 0 atom stereocenters. The third-order valence-corrected chi connectivity index (χ3v) is 4.44. The van der Waals surface area contributed by atoms with Crippen molar-refractivity contribution < 1.29 is 4.79 Å². The minimum Gasteiger partial charge on any atom is -0.373 e. The van der Waals surface area contributed by atoms with Gasteiger partial charge in [-0.1, -0.05) is 17.7 Å². The second-order valence-corrected chi connectivity index (χ2v) is 6.25. The fourth-order valence-electron chi connectivity index (χ4n) is 2.82. The second kappa shape index (κ2) is 7.59. The molecule has 0 saturated carbocycles. The minimum absolute atomic E-state index is 0.164. The van der Waals surface area contributed by atoms with E-state index < -0.39 is 0 Å². The summed E-state index contributed by atoms with van der Waals surface area (Å²) in [4.78, 5) is 25.0. The van der Waals surface area contributed by atoms with Gasteiger partial charge in [0.1, 0.15) is 5.82 Å². The molecule has 0 aliphatic heterocycles. The summed E-state index contributed by atoms with van der Waals surface area (Å²) < 4.78 is 0. The number of nitrogen functional groups attached to an aromatic ring is 1. The summed E-state index contributed by atoms with van der Waals surface area (Å²) in [5.74, 6) is 0.668. The summed E-state index contributed by atoms with van der Waals surface area (Å²) in [5, 5.41) is 5.88. The molecule has 0 fully saturated rings. The molecule has 2 aromatic heterocycles. The largest absolute Gasteiger partial charge is 0.373 e. The van der Waals surface area contributed by atoms with Crippen LogP contribution in [0.5, 0.6) is 0 Å². The number of aromatic nitrogens is 3. The van der Waals surface area contributed by atoms with Crippen LogP contribution in [0.25, 0.3) is 22.4 Å². The van der Waals surface area contributed by atoms with E-state index in [4.69, 9.17) is 17.3 Å². The molecule has 1 amide bonds. The number of aryl methyl sites for hydroxylation is 1. The topological polar surface area (TPSA) is 106 Å². The molecule has 4 N–H and O–H groups in total. The summed E-state index contributed by atoms with van der Waals surface area (Å²) in [5.41, 5.74) is 10.0. The average molecular weight is 383 g/mol. The molecule has 3 aromatic rings. The van der Waals surface area contributed by atoms with Gasteiger partial charge in [-0.3, -0.25) is 4.79 Å². The van der Waals surface area contributed by atoms with E-state index in [1.165, 1.54) is 0 Å². The summed E-state index contributed by atoms with van der Waals surface area (Å²) in [6, 6.07) is 8.96. The predicted molar refractivity (Wildman–Crippen MR) is 108 cm³/mol. The van der Waals surface area contributed by atoms with E-state index in [1.807, 2.05) is 19.1 Å². The Morgan fingerprint density at radius 3 is 2.44 bits per heavy atom. The Morgan fingerprint density at radius 2 is 1.85 bits per heavy atom. The van der Waals surface area contributed by atoms with E-state index in [1.54, 1.807) is 38.5 Å². The van der Waals surface area contributed by atoms with Gasteiger partial charge in [-0.15, -0.1) is 0 Å². The van der Waals surface area contributed by atoms with E-state index in [-0.39, 0.29) is 11.9 Å². The van der Waals surface area contributed by atoms with E-state index in [2.05, 4.69) is 25.6 Å². The van der Waals surface area contributed by atoms with Crippen molar-refractivity contribution in [3.8, 4) is 22.4 Å². The van der Waals surface area contributed by atoms with Gasteiger partial charge in [-0.25, -0.2) is 15.0 Å². The molecule has 27 heavy (non-hydrogen) atoms. The van der Waals surface area contributed by atoms with Crippen molar-refractivity contribution >= 4 is 29.3 Å².